The fraction of sp³-hybridized carbons (Fsp3) is 0.520. The predicted molar refractivity (Wildman–Crippen MR) is 132 cm³/mol. The molecular weight excluding hydrogens is 440 g/mol. The van der Waals surface area contributed by atoms with Crippen molar-refractivity contribution in [2.24, 2.45) is 0 Å². The van der Waals surface area contributed by atoms with Crippen molar-refractivity contribution >= 4 is 28.3 Å². The maximum absolute atomic E-state index is 10.0. The number of aromatic nitrogens is 3. The van der Waals surface area contributed by atoms with E-state index in [-0.39, 0.29) is 12.6 Å². The summed E-state index contributed by atoms with van der Waals surface area (Å²) in [4.78, 5) is 4.96. The molecule has 1 aliphatic rings. The van der Waals surface area contributed by atoms with Crippen molar-refractivity contribution in [2.75, 3.05) is 25.1 Å². The van der Waals surface area contributed by atoms with Crippen LogP contribution in [0.4, 0.5) is 5.69 Å². The summed E-state index contributed by atoms with van der Waals surface area (Å²) in [6.45, 7) is 8.00. The number of aliphatic hydroxyl groups is 1. The van der Waals surface area contributed by atoms with Crippen LogP contribution < -0.4 is 10.1 Å². The van der Waals surface area contributed by atoms with Crippen LogP contribution in [-0.2, 0) is 4.74 Å². The highest BCUT2D eigenvalue weighted by Crippen LogP contribution is 2.33. The summed E-state index contributed by atoms with van der Waals surface area (Å²) in [5.74, 6) is 0.617. The number of hydrogen-bond donors (Lipinski definition) is 2. The van der Waals surface area contributed by atoms with Gasteiger partial charge in [-0.15, -0.1) is 0 Å². The number of aliphatic hydroxyl groups excluding tert-OH is 1. The predicted octanol–water partition coefficient (Wildman–Crippen LogP) is 5.46. The van der Waals surface area contributed by atoms with Crippen LogP contribution in [0.1, 0.15) is 52.5 Å². The number of fused-ring (bicyclic) bond motifs is 1. The van der Waals surface area contributed by atoms with Crippen LogP contribution in [0.25, 0.3) is 22.3 Å². The topological polar surface area (TPSA) is 81.4 Å². The van der Waals surface area contributed by atoms with Crippen molar-refractivity contribution < 1.29 is 14.6 Å². The molecule has 1 saturated heterocycles. The van der Waals surface area contributed by atoms with Crippen LogP contribution in [0.3, 0.4) is 0 Å². The lowest BCUT2D eigenvalue weighted by Crippen LogP contribution is -2.27. The number of hydrogen-bond acceptors (Lipinski definition) is 6. The Kier molecular flexibility index (Phi) is 7.73. The number of pyridine rings is 1. The minimum atomic E-state index is -0.498. The lowest BCUT2D eigenvalue weighted by atomic mass is 10.1. The van der Waals surface area contributed by atoms with Gasteiger partial charge >= 0.3 is 0 Å². The molecule has 3 aromatic rings. The molecule has 0 aliphatic carbocycles. The zero-order valence-electron chi connectivity index (χ0n) is 19.6. The summed E-state index contributed by atoms with van der Waals surface area (Å²) < 4.78 is 13.3. The maximum atomic E-state index is 10.0. The Morgan fingerprint density at radius 2 is 2.03 bits per heavy atom. The molecule has 178 valence electrons. The summed E-state index contributed by atoms with van der Waals surface area (Å²) in [7, 11) is 0. The van der Waals surface area contributed by atoms with E-state index in [0.29, 0.717) is 23.2 Å². The van der Waals surface area contributed by atoms with Crippen LogP contribution >= 0.6 is 11.6 Å². The maximum Gasteiger partial charge on any atom is 0.160 e. The Morgan fingerprint density at radius 3 is 2.76 bits per heavy atom. The average Bonchev–Trinajstić information content (AvgIpc) is 3.23. The third-order valence-corrected chi connectivity index (χ3v) is 6.09. The van der Waals surface area contributed by atoms with Crippen molar-refractivity contribution in [1.29, 1.82) is 0 Å². The van der Waals surface area contributed by atoms with Gasteiger partial charge in [0.15, 0.2) is 5.65 Å². The number of rotatable bonds is 9. The minimum absolute atomic E-state index is 0.180. The summed E-state index contributed by atoms with van der Waals surface area (Å²) in [6.07, 6.45) is 4.92. The summed E-state index contributed by atoms with van der Waals surface area (Å²) in [5.41, 5.74) is 3.49. The summed E-state index contributed by atoms with van der Waals surface area (Å²) >= 11 is 6.43. The van der Waals surface area contributed by atoms with E-state index in [9.17, 15) is 5.11 Å². The monoisotopic (exact) mass is 472 g/mol. The van der Waals surface area contributed by atoms with Gasteiger partial charge in [0.1, 0.15) is 12.4 Å². The molecule has 33 heavy (non-hydrogen) atoms. The van der Waals surface area contributed by atoms with Gasteiger partial charge < -0.3 is 19.9 Å². The minimum Gasteiger partial charge on any atom is -0.491 e. The van der Waals surface area contributed by atoms with E-state index < -0.39 is 6.10 Å². The van der Waals surface area contributed by atoms with Gasteiger partial charge in [-0.1, -0.05) is 24.9 Å². The second kappa shape index (κ2) is 10.7. The molecule has 3 heterocycles. The van der Waals surface area contributed by atoms with Crippen molar-refractivity contribution in [3.63, 3.8) is 0 Å². The van der Waals surface area contributed by atoms with Gasteiger partial charge in [-0.25, -0.2) is 9.67 Å². The molecule has 0 bridgehead atoms. The lowest BCUT2D eigenvalue weighted by Gasteiger charge is -2.24. The van der Waals surface area contributed by atoms with E-state index in [2.05, 4.69) is 30.3 Å². The molecule has 1 atom stereocenters. The molecule has 1 unspecified atom stereocenters. The Balaban J connectivity index is 1.71. The van der Waals surface area contributed by atoms with Crippen LogP contribution in [0.2, 0.25) is 5.02 Å². The van der Waals surface area contributed by atoms with Crippen molar-refractivity contribution in [1.82, 2.24) is 14.8 Å². The molecule has 0 amide bonds. The van der Waals surface area contributed by atoms with E-state index in [4.69, 9.17) is 26.1 Å². The number of benzene rings is 1. The second-order valence-corrected chi connectivity index (χ2v) is 9.37. The standard InChI is InChI=1S/C25H33ClN4O3/c1-4-5-20(31)15-33-21-11-17(10-18(26)12-21)23-13-24(28-19-6-8-32-9-7-19)22-14-27-30(16(2)3)25(22)29-23/h10-14,16,19-20,31H,4-9,15H2,1-3H3,(H,28,29). The Morgan fingerprint density at radius 1 is 1.24 bits per heavy atom. The first-order chi connectivity index (χ1) is 15.9. The van der Waals surface area contributed by atoms with E-state index in [1.54, 1.807) is 6.07 Å². The van der Waals surface area contributed by atoms with E-state index in [1.807, 2.05) is 29.9 Å². The number of ether oxygens (including phenoxy) is 2. The Bertz CT molecular complexity index is 1080. The van der Waals surface area contributed by atoms with E-state index in [1.165, 1.54) is 0 Å². The Labute approximate surface area is 200 Å². The van der Waals surface area contributed by atoms with Gasteiger partial charge in [0, 0.05) is 41.6 Å². The first-order valence-corrected chi connectivity index (χ1v) is 12.2. The van der Waals surface area contributed by atoms with E-state index in [0.717, 1.165) is 60.5 Å². The van der Waals surface area contributed by atoms with Gasteiger partial charge in [-0.3, -0.25) is 0 Å². The van der Waals surface area contributed by atoms with Crippen molar-refractivity contribution in [3.05, 3.63) is 35.5 Å². The highest BCUT2D eigenvalue weighted by atomic mass is 35.5. The smallest absolute Gasteiger partial charge is 0.160 e. The zero-order valence-corrected chi connectivity index (χ0v) is 20.3. The second-order valence-electron chi connectivity index (χ2n) is 8.94. The molecule has 0 saturated carbocycles. The summed E-state index contributed by atoms with van der Waals surface area (Å²) in [6, 6.07) is 8.16. The quantitative estimate of drug-likeness (QED) is 0.430. The van der Waals surface area contributed by atoms with Crippen LogP contribution in [0, 0.1) is 0 Å². The molecule has 8 heteroatoms. The number of anilines is 1. The Hall–Kier alpha value is -2.35. The lowest BCUT2D eigenvalue weighted by molar-refractivity contribution is 0.0905. The fourth-order valence-corrected chi connectivity index (χ4v) is 4.35. The molecular formula is C25H33ClN4O3. The first-order valence-electron chi connectivity index (χ1n) is 11.8. The van der Waals surface area contributed by atoms with Gasteiger partial charge in [0.25, 0.3) is 0 Å². The van der Waals surface area contributed by atoms with Gasteiger partial charge in [-0.2, -0.15) is 5.10 Å². The van der Waals surface area contributed by atoms with Crippen LogP contribution in [0.5, 0.6) is 5.75 Å². The highest BCUT2D eigenvalue weighted by molar-refractivity contribution is 6.31. The molecule has 7 nitrogen and oxygen atoms in total. The number of halogens is 1. The van der Waals surface area contributed by atoms with Crippen molar-refractivity contribution in [3.8, 4) is 17.0 Å². The molecule has 1 fully saturated rings. The first kappa shape index (κ1) is 23.8. The molecule has 1 aliphatic heterocycles. The van der Waals surface area contributed by atoms with Crippen LogP contribution in [0.15, 0.2) is 30.5 Å². The van der Waals surface area contributed by atoms with Gasteiger partial charge in [0.05, 0.1) is 23.4 Å². The zero-order chi connectivity index (χ0) is 23.4. The SMILES string of the molecule is CCCC(O)COc1cc(Cl)cc(-c2cc(NC3CCOCC3)c3cnn(C(C)C)c3n2)c1. The molecule has 1 aromatic carbocycles. The molecule has 0 spiro atoms. The summed E-state index contributed by atoms with van der Waals surface area (Å²) in [5, 5.41) is 19.9. The molecule has 0 radical (unpaired) electrons. The van der Waals surface area contributed by atoms with E-state index >= 15 is 0 Å². The average molecular weight is 473 g/mol. The van der Waals surface area contributed by atoms with Crippen LogP contribution in [-0.4, -0.2) is 51.8 Å². The number of nitrogens with one attached hydrogen (secondary N) is 1. The normalized spacial score (nSPS) is 15.8. The van der Waals surface area contributed by atoms with Gasteiger partial charge in [-0.05, 0) is 57.4 Å². The molecule has 4 rings (SSSR count). The molecule has 2 aromatic heterocycles. The fourth-order valence-electron chi connectivity index (χ4n) is 4.13. The largest absolute Gasteiger partial charge is 0.491 e. The van der Waals surface area contributed by atoms with Crippen molar-refractivity contribution in [2.45, 2.75) is 64.6 Å². The highest BCUT2D eigenvalue weighted by Gasteiger charge is 2.19. The molecule has 2 N–H and O–H groups in total. The number of nitrogens with zero attached hydrogens (tertiary/aromatic N) is 3. The van der Waals surface area contributed by atoms with Gasteiger partial charge in [0.2, 0.25) is 0 Å². The third kappa shape index (κ3) is 5.78. The third-order valence-electron chi connectivity index (χ3n) is 5.87.